The quantitative estimate of drug-likeness (QED) is 0.683. The molecular formula is C14H16N4O2. The van der Waals surface area contributed by atoms with Crippen LogP contribution in [0.2, 0.25) is 0 Å². The molecule has 0 fully saturated rings. The zero-order valence-electron chi connectivity index (χ0n) is 11.6. The maximum Gasteiger partial charge on any atom is 0.292 e. The molecule has 1 unspecified atom stereocenters. The molecule has 0 amide bonds. The molecule has 1 atom stereocenters. The summed E-state index contributed by atoms with van der Waals surface area (Å²) in [7, 11) is 0. The molecule has 6 nitrogen and oxygen atoms in total. The van der Waals surface area contributed by atoms with Gasteiger partial charge < -0.3 is 5.32 Å². The van der Waals surface area contributed by atoms with Gasteiger partial charge >= 0.3 is 0 Å². The molecule has 1 N–H and O–H groups in total. The molecule has 0 aliphatic rings. The fourth-order valence-electron chi connectivity index (χ4n) is 2.07. The first-order chi connectivity index (χ1) is 9.49. The van der Waals surface area contributed by atoms with Gasteiger partial charge in [-0.3, -0.25) is 20.1 Å². The lowest BCUT2D eigenvalue weighted by Gasteiger charge is -2.16. The van der Waals surface area contributed by atoms with Crippen molar-refractivity contribution in [2.24, 2.45) is 0 Å². The Balaban J connectivity index is 2.32. The van der Waals surface area contributed by atoms with Crippen molar-refractivity contribution in [2.75, 3.05) is 5.32 Å². The monoisotopic (exact) mass is 272 g/mol. The van der Waals surface area contributed by atoms with E-state index in [1.807, 2.05) is 20.8 Å². The number of nitro groups is 1. The number of anilines is 1. The Hall–Kier alpha value is -2.50. The van der Waals surface area contributed by atoms with Gasteiger partial charge in [-0.1, -0.05) is 6.07 Å². The molecule has 0 spiro atoms. The van der Waals surface area contributed by atoms with E-state index in [2.05, 4.69) is 15.3 Å². The van der Waals surface area contributed by atoms with Crippen molar-refractivity contribution in [1.29, 1.82) is 0 Å². The second-order valence-corrected chi connectivity index (χ2v) is 4.67. The largest absolute Gasteiger partial charge is 0.371 e. The van der Waals surface area contributed by atoms with Crippen molar-refractivity contribution in [3.05, 3.63) is 57.7 Å². The van der Waals surface area contributed by atoms with Crippen LogP contribution in [0.4, 0.5) is 11.4 Å². The zero-order chi connectivity index (χ0) is 14.7. The van der Waals surface area contributed by atoms with Crippen LogP contribution in [-0.4, -0.2) is 14.9 Å². The van der Waals surface area contributed by atoms with Crippen LogP contribution in [0.5, 0.6) is 0 Å². The van der Waals surface area contributed by atoms with E-state index in [1.54, 1.807) is 24.5 Å². The smallest absolute Gasteiger partial charge is 0.292 e. The van der Waals surface area contributed by atoms with Crippen LogP contribution in [0, 0.1) is 24.0 Å². The Morgan fingerprint density at radius 1 is 1.25 bits per heavy atom. The summed E-state index contributed by atoms with van der Waals surface area (Å²) in [5.74, 6) is 0. The number of hydrogen-bond donors (Lipinski definition) is 1. The lowest BCUT2D eigenvalue weighted by atomic mass is 10.1. The molecule has 1 heterocycles. The lowest BCUT2D eigenvalue weighted by molar-refractivity contribution is -0.384. The van der Waals surface area contributed by atoms with Gasteiger partial charge in [0.05, 0.1) is 22.4 Å². The first kappa shape index (κ1) is 13.9. The third kappa shape index (κ3) is 2.90. The maximum absolute atomic E-state index is 11.1. The van der Waals surface area contributed by atoms with Crippen molar-refractivity contribution in [3.63, 3.8) is 0 Å². The summed E-state index contributed by atoms with van der Waals surface area (Å²) in [5.41, 5.74) is 3.10. The van der Waals surface area contributed by atoms with Crippen LogP contribution in [0.25, 0.3) is 0 Å². The molecule has 20 heavy (non-hydrogen) atoms. The van der Waals surface area contributed by atoms with E-state index in [9.17, 15) is 10.1 Å². The second-order valence-electron chi connectivity index (χ2n) is 4.67. The number of aromatic nitrogens is 2. The van der Waals surface area contributed by atoms with Crippen molar-refractivity contribution in [1.82, 2.24) is 9.97 Å². The average molecular weight is 272 g/mol. The van der Waals surface area contributed by atoms with Crippen molar-refractivity contribution in [2.45, 2.75) is 26.8 Å². The molecule has 2 rings (SSSR count). The fraction of sp³-hybridized carbons (Fsp3) is 0.286. The Bertz CT molecular complexity index is 643. The number of benzene rings is 1. The van der Waals surface area contributed by atoms with Crippen LogP contribution in [0.1, 0.15) is 29.9 Å². The van der Waals surface area contributed by atoms with E-state index in [4.69, 9.17) is 0 Å². The van der Waals surface area contributed by atoms with E-state index in [1.165, 1.54) is 6.07 Å². The normalized spacial score (nSPS) is 11.9. The van der Waals surface area contributed by atoms with Gasteiger partial charge in [-0.2, -0.15) is 0 Å². The maximum atomic E-state index is 11.1. The van der Waals surface area contributed by atoms with Gasteiger partial charge in [0, 0.05) is 18.5 Å². The first-order valence-corrected chi connectivity index (χ1v) is 6.28. The molecule has 1 aromatic carbocycles. The Kier molecular flexibility index (Phi) is 3.93. The van der Waals surface area contributed by atoms with Gasteiger partial charge in [0.15, 0.2) is 0 Å². The van der Waals surface area contributed by atoms with Gasteiger partial charge in [0.1, 0.15) is 5.69 Å². The van der Waals surface area contributed by atoms with Gasteiger partial charge in [-0.15, -0.1) is 0 Å². The molecule has 0 aliphatic heterocycles. The lowest BCUT2D eigenvalue weighted by Crippen LogP contribution is -2.12. The van der Waals surface area contributed by atoms with Gasteiger partial charge in [-0.05, 0) is 32.4 Å². The highest BCUT2D eigenvalue weighted by Crippen LogP contribution is 2.29. The third-order valence-corrected chi connectivity index (χ3v) is 3.05. The number of nitro benzene ring substituents is 1. The standard InChI is InChI=1S/C14H16N4O2/c1-9-4-5-13(18(19)20)12(8-9)17-11(3)14-10(2)15-6-7-16-14/h4-8,11,17H,1-3H3. The number of nitrogens with one attached hydrogen (secondary N) is 1. The van der Waals surface area contributed by atoms with E-state index in [-0.39, 0.29) is 11.7 Å². The molecule has 6 heteroatoms. The topological polar surface area (TPSA) is 81.0 Å². The highest BCUT2D eigenvalue weighted by Gasteiger charge is 2.17. The van der Waals surface area contributed by atoms with Crippen molar-refractivity contribution in [3.8, 4) is 0 Å². The number of aryl methyl sites for hydroxylation is 2. The van der Waals surface area contributed by atoms with E-state index >= 15 is 0 Å². The predicted octanol–water partition coefficient (Wildman–Crippen LogP) is 3.17. The molecule has 0 aliphatic carbocycles. The molecule has 104 valence electrons. The number of rotatable bonds is 4. The van der Waals surface area contributed by atoms with Gasteiger partial charge in [0.2, 0.25) is 0 Å². The van der Waals surface area contributed by atoms with Crippen molar-refractivity contribution < 1.29 is 4.92 Å². The van der Waals surface area contributed by atoms with Crippen LogP contribution in [0.15, 0.2) is 30.6 Å². The summed E-state index contributed by atoms with van der Waals surface area (Å²) in [6, 6.07) is 4.83. The average Bonchev–Trinajstić information content (AvgIpc) is 2.38. The van der Waals surface area contributed by atoms with Crippen molar-refractivity contribution >= 4 is 11.4 Å². The molecule has 0 saturated carbocycles. The van der Waals surface area contributed by atoms with Gasteiger partial charge in [-0.25, -0.2) is 0 Å². The minimum atomic E-state index is -0.391. The molecular weight excluding hydrogens is 256 g/mol. The molecule has 0 bridgehead atoms. The molecule has 2 aromatic rings. The minimum absolute atomic E-state index is 0.0593. The Labute approximate surface area is 117 Å². The number of nitrogens with zero attached hydrogens (tertiary/aromatic N) is 3. The highest BCUT2D eigenvalue weighted by atomic mass is 16.6. The second kappa shape index (κ2) is 5.64. The minimum Gasteiger partial charge on any atom is -0.371 e. The Morgan fingerprint density at radius 2 is 1.95 bits per heavy atom. The molecule has 0 radical (unpaired) electrons. The first-order valence-electron chi connectivity index (χ1n) is 6.28. The van der Waals surface area contributed by atoms with E-state index < -0.39 is 4.92 Å². The van der Waals surface area contributed by atoms with E-state index in [0.29, 0.717) is 5.69 Å². The van der Waals surface area contributed by atoms with Crippen LogP contribution < -0.4 is 5.32 Å². The molecule has 1 aromatic heterocycles. The summed E-state index contributed by atoms with van der Waals surface area (Å²) in [6.07, 6.45) is 3.24. The summed E-state index contributed by atoms with van der Waals surface area (Å²) < 4.78 is 0. The Morgan fingerprint density at radius 3 is 2.60 bits per heavy atom. The summed E-state index contributed by atoms with van der Waals surface area (Å²) >= 11 is 0. The van der Waals surface area contributed by atoms with Crippen LogP contribution in [0.3, 0.4) is 0 Å². The van der Waals surface area contributed by atoms with Gasteiger partial charge in [0.25, 0.3) is 5.69 Å². The third-order valence-electron chi connectivity index (χ3n) is 3.05. The number of hydrogen-bond acceptors (Lipinski definition) is 5. The summed E-state index contributed by atoms with van der Waals surface area (Å²) in [5, 5.41) is 14.2. The molecule has 0 saturated heterocycles. The predicted molar refractivity (Wildman–Crippen MR) is 76.6 cm³/mol. The fourth-order valence-corrected chi connectivity index (χ4v) is 2.07. The summed E-state index contributed by atoms with van der Waals surface area (Å²) in [6.45, 7) is 5.67. The summed E-state index contributed by atoms with van der Waals surface area (Å²) in [4.78, 5) is 19.1. The SMILES string of the molecule is Cc1ccc([N+](=O)[O-])c(NC(C)c2nccnc2C)c1. The van der Waals surface area contributed by atoms with Crippen LogP contribution in [-0.2, 0) is 0 Å². The zero-order valence-corrected chi connectivity index (χ0v) is 11.6. The highest BCUT2D eigenvalue weighted by molar-refractivity contribution is 5.63. The van der Waals surface area contributed by atoms with E-state index in [0.717, 1.165) is 17.0 Å². The van der Waals surface area contributed by atoms with Crippen LogP contribution >= 0.6 is 0 Å².